The van der Waals surface area contributed by atoms with E-state index in [1.54, 1.807) is 19.2 Å². The van der Waals surface area contributed by atoms with E-state index >= 15 is 4.39 Å². The van der Waals surface area contributed by atoms with Crippen LogP contribution in [-0.2, 0) is 22.7 Å². The number of amides is 2. The number of aromatic nitrogens is 2. The molecule has 2 saturated heterocycles. The van der Waals surface area contributed by atoms with Gasteiger partial charge in [0, 0.05) is 85.1 Å². The maximum atomic E-state index is 15.5. The van der Waals surface area contributed by atoms with Crippen molar-refractivity contribution < 1.29 is 18.7 Å². The molecule has 2 aromatic carbocycles. The Morgan fingerprint density at radius 2 is 1.46 bits per heavy atom. The van der Waals surface area contributed by atoms with Crippen LogP contribution >= 0.6 is 23.2 Å². The van der Waals surface area contributed by atoms with E-state index in [4.69, 9.17) is 32.9 Å². The van der Waals surface area contributed by atoms with Crippen molar-refractivity contribution >= 4 is 46.5 Å². The molecule has 2 aliphatic rings. The van der Waals surface area contributed by atoms with Crippen molar-refractivity contribution in [3.63, 3.8) is 0 Å². The zero-order valence-electron chi connectivity index (χ0n) is 26.3. The molecule has 6 rings (SSSR count). The Balaban J connectivity index is 1.17. The Labute approximate surface area is 288 Å². The predicted octanol–water partition coefficient (Wildman–Crippen LogP) is 5.75. The zero-order valence-corrected chi connectivity index (χ0v) is 27.8. The summed E-state index contributed by atoms with van der Waals surface area (Å²) in [7, 11) is 1.57. The number of methoxy groups -OCH3 is 1. The van der Waals surface area contributed by atoms with Crippen molar-refractivity contribution in [2.75, 3.05) is 25.5 Å². The standard InChI is InChI=1S/C35H36Cl2FN7O3/c1-48-35-21(17-40-19-23-10-13-30(47)43-23)8-11-27(45-35)26-6-2-4-24(31(26)36)25-5-3-7-28(32(25)37)44-34-33(38)20(14-15-41-34)16-39-18-22-9-12-29(46)42-22/h2-8,11,14-15,22-23,39-40H,9-10,12-13,16-19H2,1H3,(H,41,44)(H,42,46)(H,43,47)/t22-,23-/m0/s1. The van der Waals surface area contributed by atoms with Crippen molar-refractivity contribution in [1.82, 2.24) is 31.2 Å². The average Bonchev–Trinajstić information content (AvgIpc) is 3.70. The number of rotatable bonds is 13. The van der Waals surface area contributed by atoms with Gasteiger partial charge in [0.05, 0.1) is 28.5 Å². The summed E-state index contributed by atoms with van der Waals surface area (Å²) in [4.78, 5) is 31.9. The lowest BCUT2D eigenvalue weighted by atomic mass is 10.00. The maximum Gasteiger partial charge on any atom is 0.220 e. The highest BCUT2D eigenvalue weighted by Gasteiger charge is 2.22. The second-order valence-electron chi connectivity index (χ2n) is 11.8. The fourth-order valence-electron chi connectivity index (χ4n) is 5.96. The number of benzene rings is 2. The smallest absolute Gasteiger partial charge is 0.220 e. The molecule has 2 fully saturated rings. The van der Waals surface area contributed by atoms with Crippen molar-refractivity contribution in [1.29, 1.82) is 0 Å². The third-order valence-corrected chi connectivity index (χ3v) is 9.31. The topological polar surface area (TPSA) is 129 Å². The van der Waals surface area contributed by atoms with Gasteiger partial charge in [-0.25, -0.2) is 14.4 Å². The first-order chi connectivity index (χ1) is 23.3. The first-order valence-electron chi connectivity index (χ1n) is 15.8. The molecule has 10 nitrogen and oxygen atoms in total. The van der Waals surface area contributed by atoms with E-state index in [1.165, 1.54) is 6.20 Å². The van der Waals surface area contributed by atoms with Gasteiger partial charge in [-0.15, -0.1) is 0 Å². The summed E-state index contributed by atoms with van der Waals surface area (Å²) in [5.74, 6) is 0.146. The summed E-state index contributed by atoms with van der Waals surface area (Å²) < 4.78 is 21.1. The van der Waals surface area contributed by atoms with Gasteiger partial charge in [0.2, 0.25) is 17.7 Å². The molecule has 4 aromatic rings. The van der Waals surface area contributed by atoms with Crippen LogP contribution in [0.25, 0.3) is 22.4 Å². The Morgan fingerprint density at radius 3 is 2.10 bits per heavy atom. The summed E-state index contributed by atoms with van der Waals surface area (Å²) in [5, 5.41) is 16.3. The van der Waals surface area contributed by atoms with Crippen molar-refractivity contribution in [3.05, 3.63) is 87.8 Å². The molecule has 5 N–H and O–H groups in total. The maximum absolute atomic E-state index is 15.5. The molecule has 2 amide bonds. The van der Waals surface area contributed by atoms with E-state index in [2.05, 4.69) is 31.6 Å². The quantitative estimate of drug-likeness (QED) is 0.120. The molecular weight excluding hydrogens is 656 g/mol. The molecule has 13 heteroatoms. The number of carbonyl (C=O) groups excluding carboxylic acids is 2. The third kappa shape index (κ3) is 7.71. The molecule has 0 aliphatic carbocycles. The normalized spacial score (nSPS) is 17.3. The van der Waals surface area contributed by atoms with E-state index in [1.807, 2.05) is 42.5 Å². The molecular formula is C35H36Cl2FN7O3. The first-order valence-corrected chi connectivity index (χ1v) is 16.6. The number of ether oxygens (including phenoxy) is 1. The highest BCUT2D eigenvalue weighted by molar-refractivity contribution is 6.39. The van der Waals surface area contributed by atoms with Gasteiger partial charge < -0.3 is 31.3 Å². The number of carbonyl (C=O) groups is 2. The number of halogens is 3. The fourth-order valence-corrected chi connectivity index (χ4v) is 6.56. The molecule has 0 spiro atoms. The van der Waals surface area contributed by atoms with Gasteiger partial charge in [-0.05, 0) is 31.0 Å². The number of hydrogen-bond acceptors (Lipinski definition) is 8. The van der Waals surface area contributed by atoms with Crippen LogP contribution in [0.4, 0.5) is 15.9 Å². The fraction of sp³-hybridized carbons (Fsp3) is 0.314. The second-order valence-corrected chi connectivity index (χ2v) is 12.6. The lowest BCUT2D eigenvalue weighted by molar-refractivity contribution is -0.120. The third-order valence-electron chi connectivity index (χ3n) is 8.50. The number of pyridine rings is 2. The van der Waals surface area contributed by atoms with Gasteiger partial charge in [-0.3, -0.25) is 9.59 Å². The molecule has 48 heavy (non-hydrogen) atoms. The Bertz CT molecular complexity index is 1830. The van der Waals surface area contributed by atoms with Crippen LogP contribution < -0.4 is 31.3 Å². The first kappa shape index (κ1) is 33.6. The average molecular weight is 693 g/mol. The lowest BCUT2D eigenvalue weighted by Crippen LogP contribution is -2.35. The van der Waals surface area contributed by atoms with Crippen LogP contribution in [0.2, 0.25) is 10.0 Å². The largest absolute Gasteiger partial charge is 0.481 e. The molecule has 0 unspecified atom stereocenters. The molecule has 0 radical (unpaired) electrons. The molecule has 250 valence electrons. The second kappa shape index (κ2) is 15.3. The van der Waals surface area contributed by atoms with Crippen LogP contribution in [0, 0.1) is 5.82 Å². The molecule has 4 heterocycles. The van der Waals surface area contributed by atoms with Gasteiger partial charge in [-0.2, -0.15) is 0 Å². The van der Waals surface area contributed by atoms with Crippen molar-refractivity contribution in [2.45, 2.75) is 50.9 Å². The van der Waals surface area contributed by atoms with E-state index in [0.717, 1.165) is 18.4 Å². The predicted molar refractivity (Wildman–Crippen MR) is 185 cm³/mol. The van der Waals surface area contributed by atoms with Gasteiger partial charge in [0.1, 0.15) is 0 Å². The van der Waals surface area contributed by atoms with Crippen LogP contribution in [0.3, 0.4) is 0 Å². The van der Waals surface area contributed by atoms with Crippen molar-refractivity contribution in [3.8, 4) is 28.3 Å². The molecule has 2 aliphatic heterocycles. The van der Waals surface area contributed by atoms with Crippen LogP contribution in [0.15, 0.2) is 60.8 Å². The van der Waals surface area contributed by atoms with Gasteiger partial charge in [0.25, 0.3) is 0 Å². The van der Waals surface area contributed by atoms with E-state index in [9.17, 15) is 9.59 Å². The van der Waals surface area contributed by atoms with Crippen LogP contribution in [-0.4, -0.2) is 54.1 Å². The minimum atomic E-state index is -0.495. The summed E-state index contributed by atoms with van der Waals surface area (Å²) in [6.45, 7) is 2.02. The Kier molecular flexibility index (Phi) is 10.7. The summed E-state index contributed by atoms with van der Waals surface area (Å²) >= 11 is 13.9. The molecule has 2 atom stereocenters. The monoisotopic (exact) mass is 691 g/mol. The van der Waals surface area contributed by atoms with Gasteiger partial charge in [0.15, 0.2) is 11.6 Å². The highest BCUT2D eigenvalue weighted by Crippen LogP contribution is 2.42. The lowest BCUT2D eigenvalue weighted by Gasteiger charge is -2.16. The van der Waals surface area contributed by atoms with Crippen molar-refractivity contribution in [2.24, 2.45) is 0 Å². The molecule has 2 aromatic heterocycles. The number of anilines is 2. The van der Waals surface area contributed by atoms with E-state index in [0.29, 0.717) is 82.0 Å². The summed E-state index contributed by atoms with van der Waals surface area (Å²) in [5.41, 5.74) is 4.43. The van der Waals surface area contributed by atoms with Crippen LogP contribution in [0.5, 0.6) is 5.88 Å². The highest BCUT2D eigenvalue weighted by atomic mass is 35.5. The minimum absolute atomic E-state index is 0.0408. The Morgan fingerprint density at radius 1 is 0.833 bits per heavy atom. The number of nitrogens with one attached hydrogen (secondary N) is 5. The summed E-state index contributed by atoms with van der Waals surface area (Å²) in [6.07, 6.45) is 4.19. The number of hydrogen-bond donors (Lipinski definition) is 5. The van der Waals surface area contributed by atoms with E-state index < -0.39 is 5.82 Å². The molecule has 0 bridgehead atoms. The summed E-state index contributed by atoms with van der Waals surface area (Å²) in [6, 6.07) is 16.7. The molecule has 0 saturated carbocycles. The van der Waals surface area contributed by atoms with Gasteiger partial charge >= 0.3 is 0 Å². The Hall–Kier alpha value is -4.29. The number of nitrogens with zero attached hydrogens (tertiary/aromatic N) is 2. The minimum Gasteiger partial charge on any atom is -0.481 e. The zero-order chi connectivity index (χ0) is 33.6. The van der Waals surface area contributed by atoms with Crippen LogP contribution in [0.1, 0.15) is 36.8 Å². The SMILES string of the molecule is COc1nc(-c2cccc(-c3cccc(Nc4nccc(CNC[C@@H]5CCC(=O)N5)c4F)c3Cl)c2Cl)ccc1CNC[C@@H]1CCC(=O)N1. The van der Waals surface area contributed by atoms with E-state index in [-0.39, 0.29) is 36.3 Å². The van der Waals surface area contributed by atoms with Gasteiger partial charge in [-0.1, -0.05) is 59.6 Å².